The monoisotopic (exact) mass is 439 g/mol. The molecule has 4 aromatic rings. The van der Waals surface area contributed by atoms with Crippen molar-refractivity contribution >= 4 is 5.91 Å². The SMILES string of the molecule is Cc1ccc(-n2nc(C(=O)NCc3c(C)nn(Cc4ccccc4)c3C)c3c2CCC3)cc1. The lowest BCUT2D eigenvalue weighted by Gasteiger charge is -2.07. The fraction of sp³-hybridized carbons (Fsp3) is 0.296. The van der Waals surface area contributed by atoms with Crippen LogP contribution in [0.25, 0.3) is 5.69 Å². The number of benzene rings is 2. The number of rotatable bonds is 6. The molecule has 5 rings (SSSR count). The Morgan fingerprint density at radius 3 is 2.48 bits per heavy atom. The molecule has 0 atom stereocenters. The highest BCUT2D eigenvalue weighted by Gasteiger charge is 2.27. The second-order valence-corrected chi connectivity index (χ2v) is 8.85. The number of hydrogen-bond donors (Lipinski definition) is 1. The molecule has 6 heteroatoms. The standard InChI is InChI=1S/C27H29N5O/c1-18-12-14-22(15-13-18)32-25-11-7-10-23(25)26(30-32)27(33)28-16-24-19(2)29-31(20(24)3)17-21-8-5-4-6-9-21/h4-6,8-9,12-15H,7,10-11,16-17H2,1-3H3,(H,28,33). The number of hydrogen-bond acceptors (Lipinski definition) is 3. The number of fused-ring (bicyclic) bond motifs is 1. The lowest BCUT2D eigenvalue weighted by Crippen LogP contribution is -2.25. The van der Waals surface area contributed by atoms with Crippen LogP contribution in [0.15, 0.2) is 54.6 Å². The van der Waals surface area contributed by atoms with Crippen LogP contribution in [-0.4, -0.2) is 25.5 Å². The third-order valence-electron chi connectivity index (χ3n) is 6.56. The zero-order chi connectivity index (χ0) is 22.9. The molecule has 1 aliphatic rings. The molecule has 0 fully saturated rings. The van der Waals surface area contributed by atoms with E-state index in [9.17, 15) is 4.79 Å². The molecule has 1 N–H and O–H groups in total. The minimum absolute atomic E-state index is 0.117. The molecule has 0 radical (unpaired) electrons. The van der Waals surface area contributed by atoms with E-state index in [-0.39, 0.29) is 5.91 Å². The molecule has 168 valence electrons. The first-order valence-corrected chi connectivity index (χ1v) is 11.5. The van der Waals surface area contributed by atoms with Gasteiger partial charge in [-0.05, 0) is 57.7 Å². The Balaban J connectivity index is 1.35. The van der Waals surface area contributed by atoms with Crippen LogP contribution >= 0.6 is 0 Å². The van der Waals surface area contributed by atoms with Gasteiger partial charge in [0.05, 0.1) is 17.9 Å². The van der Waals surface area contributed by atoms with E-state index in [0.717, 1.165) is 59.7 Å². The summed E-state index contributed by atoms with van der Waals surface area (Å²) in [4.78, 5) is 13.2. The second-order valence-electron chi connectivity index (χ2n) is 8.85. The van der Waals surface area contributed by atoms with E-state index < -0.39 is 0 Å². The summed E-state index contributed by atoms with van der Waals surface area (Å²) in [5.74, 6) is -0.117. The van der Waals surface area contributed by atoms with Crippen molar-refractivity contribution in [3.8, 4) is 5.69 Å². The molecule has 0 aliphatic heterocycles. The van der Waals surface area contributed by atoms with E-state index in [2.05, 4.69) is 55.6 Å². The Morgan fingerprint density at radius 1 is 0.970 bits per heavy atom. The van der Waals surface area contributed by atoms with Gasteiger partial charge in [0.1, 0.15) is 0 Å². The van der Waals surface area contributed by atoms with Crippen molar-refractivity contribution in [2.75, 3.05) is 0 Å². The molecule has 0 unspecified atom stereocenters. The van der Waals surface area contributed by atoms with E-state index in [1.54, 1.807) is 0 Å². The van der Waals surface area contributed by atoms with Gasteiger partial charge < -0.3 is 5.32 Å². The Morgan fingerprint density at radius 2 is 1.73 bits per heavy atom. The summed E-state index contributed by atoms with van der Waals surface area (Å²) in [6, 6.07) is 18.6. The van der Waals surface area contributed by atoms with Crippen LogP contribution in [0, 0.1) is 20.8 Å². The van der Waals surface area contributed by atoms with Crippen LogP contribution in [0.4, 0.5) is 0 Å². The van der Waals surface area contributed by atoms with E-state index in [1.165, 1.54) is 11.1 Å². The fourth-order valence-corrected chi connectivity index (χ4v) is 4.67. The molecule has 0 spiro atoms. The van der Waals surface area contributed by atoms with Crippen molar-refractivity contribution in [3.63, 3.8) is 0 Å². The number of nitrogens with one attached hydrogen (secondary N) is 1. The Labute approximate surface area is 194 Å². The third-order valence-corrected chi connectivity index (χ3v) is 6.56. The molecule has 0 saturated heterocycles. The molecule has 1 amide bonds. The van der Waals surface area contributed by atoms with E-state index in [1.807, 2.05) is 34.5 Å². The predicted molar refractivity (Wildman–Crippen MR) is 129 cm³/mol. The van der Waals surface area contributed by atoms with Gasteiger partial charge in [0.25, 0.3) is 5.91 Å². The summed E-state index contributed by atoms with van der Waals surface area (Å²) in [7, 11) is 0. The maximum Gasteiger partial charge on any atom is 0.272 e. The van der Waals surface area contributed by atoms with Gasteiger partial charge in [0, 0.05) is 29.1 Å². The first-order valence-electron chi connectivity index (χ1n) is 11.5. The van der Waals surface area contributed by atoms with Crippen LogP contribution in [-0.2, 0) is 25.9 Å². The number of carbonyl (C=O) groups excluding carboxylic acids is 1. The van der Waals surface area contributed by atoms with Gasteiger partial charge in [-0.1, -0.05) is 48.0 Å². The van der Waals surface area contributed by atoms with Crippen molar-refractivity contribution in [1.82, 2.24) is 24.9 Å². The van der Waals surface area contributed by atoms with E-state index in [0.29, 0.717) is 12.2 Å². The van der Waals surface area contributed by atoms with Crippen molar-refractivity contribution in [2.45, 2.75) is 53.1 Å². The number of amides is 1. The summed E-state index contributed by atoms with van der Waals surface area (Å²) < 4.78 is 3.96. The number of aryl methyl sites for hydroxylation is 2. The van der Waals surface area contributed by atoms with Crippen LogP contribution < -0.4 is 5.32 Å². The molecule has 0 saturated carbocycles. The second kappa shape index (κ2) is 8.70. The lowest BCUT2D eigenvalue weighted by molar-refractivity contribution is 0.0944. The van der Waals surface area contributed by atoms with Crippen LogP contribution in [0.5, 0.6) is 0 Å². The largest absolute Gasteiger partial charge is 0.346 e. The quantitative estimate of drug-likeness (QED) is 0.482. The highest BCUT2D eigenvalue weighted by Crippen LogP contribution is 2.28. The molecule has 33 heavy (non-hydrogen) atoms. The Kier molecular flexibility index (Phi) is 5.58. The number of carbonyl (C=O) groups is 1. The fourth-order valence-electron chi connectivity index (χ4n) is 4.67. The van der Waals surface area contributed by atoms with Crippen LogP contribution in [0.2, 0.25) is 0 Å². The van der Waals surface area contributed by atoms with Gasteiger partial charge in [0.15, 0.2) is 5.69 Å². The van der Waals surface area contributed by atoms with Crippen molar-refractivity contribution in [1.29, 1.82) is 0 Å². The van der Waals surface area contributed by atoms with Gasteiger partial charge in [-0.2, -0.15) is 10.2 Å². The highest BCUT2D eigenvalue weighted by atomic mass is 16.2. The molecule has 6 nitrogen and oxygen atoms in total. The normalized spacial score (nSPS) is 12.7. The highest BCUT2D eigenvalue weighted by molar-refractivity contribution is 5.94. The summed E-state index contributed by atoms with van der Waals surface area (Å²) >= 11 is 0. The summed E-state index contributed by atoms with van der Waals surface area (Å²) in [6.07, 6.45) is 2.91. The van der Waals surface area contributed by atoms with Crippen molar-refractivity contribution < 1.29 is 4.79 Å². The topological polar surface area (TPSA) is 64.7 Å². The van der Waals surface area contributed by atoms with Gasteiger partial charge in [-0.15, -0.1) is 0 Å². The molecule has 1 aliphatic carbocycles. The summed E-state index contributed by atoms with van der Waals surface area (Å²) in [5, 5.41) is 12.6. The van der Waals surface area contributed by atoms with Gasteiger partial charge in [-0.3, -0.25) is 9.48 Å². The molecule has 2 aromatic heterocycles. The first kappa shape index (κ1) is 21.2. The number of nitrogens with zero attached hydrogens (tertiary/aromatic N) is 4. The average Bonchev–Trinajstić information content (AvgIpc) is 3.49. The molecule has 0 bridgehead atoms. The van der Waals surface area contributed by atoms with Crippen molar-refractivity contribution in [2.24, 2.45) is 0 Å². The molecular formula is C27H29N5O. The van der Waals surface area contributed by atoms with E-state index in [4.69, 9.17) is 10.2 Å². The third kappa shape index (κ3) is 4.09. The van der Waals surface area contributed by atoms with Gasteiger partial charge >= 0.3 is 0 Å². The van der Waals surface area contributed by atoms with Gasteiger partial charge in [-0.25, -0.2) is 4.68 Å². The Hall–Kier alpha value is -3.67. The average molecular weight is 440 g/mol. The maximum absolute atomic E-state index is 13.2. The summed E-state index contributed by atoms with van der Waals surface area (Å²) in [6.45, 7) is 7.30. The maximum atomic E-state index is 13.2. The van der Waals surface area contributed by atoms with Crippen LogP contribution in [0.3, 0.4) is 0 Å². The van der Waals surface area contributed by atoms with Crippen molar-refractivity contribution in [3.05, 3.63) is 99.6 Å². The minimum Gasteiger partial charge on any atom is -0.346 e. The zero-order valence-corrected chi connectivity index (χ0v) is 19.4. The molecular weight excluding hydrogens is 410 g/mol. The molecule has 2 aromatic carbocycles. The van der Waals surface area contributed by atoms with Gasteiger partial charge in [0.2, 0.25) is 0 Å². The zero-order valence-electron chi connectivity index (χ0n) is 19.4. The Bertz CT molecular complexity index is 1300. The lowest BCUT2D eigenvalue weighted by atomic mass is 10.1. The smallest absolute Gasteiger partial charge is 0.272 e. The number of aromatic nitrogens is 4. The predicted octanol–water partition coefficient (Wildman–Crippen LogP) is 4.46. The first-order chi connectivity index (χ1) is 16.0. The van der Waals surface area contributed by atoms with E-state index >= 15 is 0 Å². The molecule has 2 heterocycles. The summed E-state index contributed by atoms with van der Waals surface area (Å²) in [5.41, 5.74) is 9.30. The minimum atomic E-state index is -0.117. The van der Waals surface area contributed by atoms with Crippen LogP contribution in [0.1, 0.15) is 56.2 Å².